The van der Waals surface area contributed by atoms with Crippen LogP contribution in [0, 0.1) is 23.7 Å². The molecule has 5 aliphatic heterocycles. The van der Waals surface area contributed by atoms with E-state index in [0.29, 0.717) is 0 Å². The van der Waals surface area contributed by atoms with Crippen molar-refractivity contribution in [1.29, 1.82) is 0 Å². The van der Waals surface area contributed by atoms with E-state index in [1.165, 1.54) is 70.9 Å². The second kappa shape index (κ2) is 8.19. The molecule has 0 radical (unpaired) electrons. The number of nitrogens with zero attached hydrogens (tertiary/aromatic N) is 3. The first-order valence-corrected chi connectivity index (χ1v) is 12.7. The third kappa shape index (κ3) is 4.05. The van der Waals surface area contributed by atoms with Gasteiger partial charge in [-0.1, -0.05) is 0 Å². The molecular weight excluding hydrogens is 342 g/mol. The lowest BCUT2D eigenvalue weighted by atomic mass is 9.68. The van der Waals surface area contributed by atoms with E-state index in [-0.39, 0.29) is 0 Å². The molecule has 8 aliphatic rings. The van der Waals surface area contributed by atoms with Crippen LogP contribution in [0.15, 0.2) is 0 Å². The van der Waals surface area contributed by atoms with E-state index in [1.807, 2.05) is 0 Å². The van der Waals surface area contributed by atoms with E-state index in [2.05, 4.69) is 35.8 Å². The SMILES string of the molecule is CN1C2CCC1CC2.CN1CC2CC3CC(C2)CC1C3.CN1CC2CCC1C2. The standard InChI is InChI=1S/C11H19N.2C7H13N/c1-12-7-10-3-8-2-9(4-10)6-11(12)5-8;1-8-5-6-2-3-7(8)4-6;1-8-6-2-3-7(8)5-4-6/h8-11H,2-7H2,1H3;2*6-7H,2-5H2,1H3. The second-order valence-electron chi connectivity index (χ2n) is 11.8. The molecule has 0 amide bonds. The molecule has 3 heteroatoms. The Morgan fingerprint density at radius 1 is 0.429 bits per heavy atom. The van der Waals surface area contributed by atoms with Gasteiger partial charge in [0.15, 0.2) is 0 Å². The minimum Gasteiger partial charge on any atom is -0.303 e. The fraction of sp³-hybridized carbons (Fsp3) is 1.00. The van der Waals surface area contributed by atoms with E-state index in [0.717, 1.165) is 47.8 Å². The molecule has 8 rings (SSSR count). The first-order chi connectivity index (χ1) is 13.5. The van der Waals surface area contributed by atoms with Gasteiger partial charge in [-0.05, 0) is 122 Å². The molecule has 5 saturated heterocycles. The van der Waals surface area contributed by atoms with Crippen LogP contribution in [0.5, 0.6) is 0 Å². The number of likely N-dealkylation sites (tertiary alicyclic amines) is 1. The van der Waals surface area contributed by atoms with E-state index < -0.39 is 0 Å². The summed E-state index contributed by atoms with van der Waals surface area (Å²) in [4.78, 5) is 7.71. The van der Waals surface area contributed by atoms with Crippen molar-refractivity contribution in [2.24, 2.45) is 23.7 Å². The smallest absolute Gasteiger partial charge is 0.00976 e. The average Bonchev–Trinajstić information content (AvgIpc) is 3.42. The van der Waals surface area contributed by atoms with Crippen LogP contribution in [0.3, 0.4) is 0 Å². The summed E-state index contributed by atoms with van der Waals surface area (Å²) in [5.41, 5.74) is 0. The largest absolute Gasteiger partial charge is 0.303 e. The van der Waals surface area contributed by atoms with Gasteiger partial charge in [0, 0.05) is 37.3 Å². The number of hydrogen-bond acceptors (Lipinski definition) is 3. The maximum absolute atomic E-state index is 2.64. The lowest BCUT2D eigenvalue weighted by Crippen LogP contribution is -2.35. The fourth-order valence-corrected chi connectivity index (χ4v) is 8.36. The molecule has 0 N–H and O–H groups in total. The summed E-state index contributed by atoms with van der Waals surface area (Å²) in [6, 6.07) is 3.88. The number of fused-ring (bicyclic) bond motifs is 5. The van der Waals surface area contributed by atoms with Crippen molar-refractivity contribution in [1.82, 2.24) is 14.7 Å². The van der Waals surface area contributed by atoms with Gasteiger partial charge < -0.3 is 14.7 Å². The van der Waals surface area contributed by atoms with Crippen molar-refractivity contribution in [2.45, 2.75) is 101 Å². The van der Waals surface area contributed by atoms with Crippen molar-refractivity contribution in [3.8, 4) is 0 Å². The third-order valence-electron chi connectivity index (χ3n) is 9.88. The zero-order valence-electron chi connectivity index (χ0n) is 18.9. The Morgan fingerprint density at radius 2 is 0.893 bits per heavy atom. The van der Waals surface area contributed by atoms with Gasteiger partial charge in [0.25, 0.3) is 0 Å². The highest BCUT2D eigenvalue weighted by molar-refractivity contribution is 4.95. The normalized spacial score (nSPS) is 49.0. The minimum absolute atomic E-state index is 0.959. The summed E-state index contributed by atoms with van der Waals surface area (Å²) in [5.74, 6) is 4.35. The van der Waals surface area contributed by atoms with Crippen molar-refractivity contribution >= 4 is 0 Å². The highest BCUT2D eigenvalue weighted by atomic mass is 15.2. The van der Waals surface area contributed by atoms with E-state index in [9.17, 15) is 0 Å². The highest BCUT2D eigenvalue weighted by Crippen LogP contribution is 2.46. The molecule has 3 saturated carbocycles. The fourth-order valence-electron chi connectivity index (χ4n) is 8.36. The molecule has 0 aromatic carbocycles. The van der Waals surface area contributed by atoms with Crippen LogP contribution in [0.4, 0.5) is 0 Å². The molecule has 4 atom stereocenters. The zero-order chi connectivity index (χ0) is 19.3. The monoisotopic (exact) mass is 387 g/mol. The predicted octanol–water partition coefficient (Wildman–Crippen LogP) is 4.47. The number of hydrogen-bond donors (Lipinski definition) is 0. The summed E-state index contributed by atoms with van der Waals surface area (Å²) >= 11 is 0. The van der Waals surface area contributed by atoms with Crippen molar-refractivity contribution < 1.29 is 0 Å². The second-order valence-corrected chi connectivity index (χ2v) is 11.8. The van der Waals surface area contributed by atoms with Gasteiger partial charge >= 0.3 is 0 Å². The summed E-state index contributed by atoms with van der Waals surface area (Å²) < 4.78 is 0. The van der Waals surface area contributed by atoms with Crippen LogP contribution in [-0.4, -0.2) is 73.1 Å². The molecule has 0 aromatic rings. The van der Waals surface area contributed by atoms with Crippen LogP contribution in [0.2, 0.25) is 0 Å². The number of rotatable bonds is 0. The van der Waals surface area contributed by atoms with Gasteiger partial charge in [0.1, 0.15) is 0 Å². The minimum atomic E-state index is 0.959. The van der Waals surface area contributed by atoms with Crippen molar-refractivity contribution in [3.63, 3.8) is 0 Å². The van der Waals surface area contributed by atoms with Crippen LogP contribution in [-0.2, 0) is 0 Å². The Morgan fingerprint density at radius 3 is 1.29 bits per heavy atom. The van der Waals surface area contributed by atoms with E-state index in [1.54, 1.807) is 19.3 Å². The quantitative estimate of drug-likeness (QED) is 0.607. The Hall–Kier alpha value is -0.120. The predicted molar refractivity (Wildman–Crippen MR) is 118 cm³/mol. The number of piperidine rings is 1. The van der Waals surface area contributed by atoms with Crippen molar-refractivity contribution in [3.05, 3.63) is 0 Å². The van der Waals surface area contributed by atoms with Crippen molar-refractivity contribution in [2.75, 3.05) is 34.2 Å². The van der Waals surface area contributed by atoms with Crippen LogP contribution >= 0.6 is 0 Å². The van der Waals surface area contributed by atoms with Crippen LogP contribution < -0.4 is 0 Å². The summed E-state index contributed by atoms with van der Waals surface area (Å²) in [6.07, 6.45) is 18.1. The summed E-state index contributed by atoms with van der Waals surface area (Å²) in [6.45, 7) is 2.78. The Balaban J connectivity index is 0.0000000947. The van der Waals surface area contributed by atoms with Gasteiger partial charge in [0.2, 0.25) is 0 Å². The molecule has 3 nitrogen and oxygen atoms in total. The third-order valence-corrected chi connectivity index (χ3v) is 9.88. The first-order valence-electron chi connectivity index (χ1n) is 12.7. The van der Waals surface area contributed by atoms with E-state index >= 15 is 0 Å². The molecule has 8 fully saturated rings. The van der Waals surface area contributed by atoms with Gasteiger partial charge in [-0.25, -0.2) is 0 Å². The topological polar surface area (TPSA) is 9.72 Å². The summed E-state index contributed by atoms with van der Waals surface area (Å²) in [7, 11) is 6.87. The molecule has 4 unspecified atom stereocenters. The first kappa shape index (κ1) is 19.8. The maximum Gasteiger partial charge on any atom is 0.00976 e. The highest BCUT2D eigenvalue weighted by Gasteiger charge is 2.41. The van der Waals surface area contributed by atoms with Crippen LogP contribution in [0.25, 0.3) is 0 Å². The molecular formula is C25H45N3. The molecule has 28 heavy (non-hydrogen) atoms. The van der Waals surface area contributed by atoms with Gasteiger partial charge in [-0.2, -0.15) is 0 Å². The lowest BCUT2D eigenvalue weighted by molar-refractivity contribution is 0.137. The maximum atomic E-state index is 2.64. The molecule has 160 valence electrons. The lowest BCUT2D eigenvalue weighted by Gasteiger charge is -2.38. The zero-order valence-corrected chi connectivity index (χ0v) is 18.9. The molecule has 3 aliphatic carbocycles. The average molecular weight is 388 g/mol. The molecule has 5 heterocycles. The van der Waals surface area contributed by atoms with Gasteiger partial charge in [-0.15, -0.1) is 0 Å². The Kier molecular flexibility index (Phi) is 5.80. The van der Waals surface area contributed by atoms with E-state index in [4.69, 9.17) is 0 Å². The van der Waals surface area contributed by atoms with Gasteiger partial charge in [-0.3, -0.25) is 0 Å². The van der Waals surface area contributed by atoms with Gasteiger partial charge in [0.05, 0.1) is 0 Å². The molecule has 0 spiro atoms. The Labute approximate surface area is 174 Å². The van der Waals surface area contributed by atoms with Crippen LogP contribution in [0.1, 0.15) is 77.0 Å². The molecule has 8 bridgehead atoms. The Bertz CT molecular complexity index is 500. The summed E-state index contributed by atoms with van der Waals surface area (Å²) in [5, 5.41) is 0. The molecule has 0 aromatic heterocycles.